The van der Waals surface area contributed by atoms with Gasteiger partial charge in [0.25, 0.3) is 0 Å². The highest BCUT2D eigenvalue weighted by Gasteiger charge is 2.45. The molecule has 1 aromatic rings. The van der Waals surface area contributed by atoms with Gasteiger partial charge in [-0.15, -0.1) is 0 Å². The van der Waals surface area contributed by atoms with Crippen LogP contribution in [0.2, 0.25) is 0 Å². The molecule has 3 heterocycles. The average molecular weight is 388 g/mol. The van der Waals surface area contributed by atoms with Gasteiger partial charge in [0.2, 0.25) is 0 Å². The largest absolute Gasteiger partial charge is 0.433 e. The van der Waals surface area contributed by atoms with E-state index in [9.17, 15) is 17.4 Å². The maximum Gasteiger partial charge on any atom is 0.433 e. The summed E-state index contributed by atoms with van der Waals surface area (Å²) >= 11 is 0. The summed E-state index contributed by atoms with van der Waals surface area (Å²) in [6, 6.07) is 4.56. The minimum atomic E-state index is -4.32. The summed E-state index contributed by atoms with van der Waals surface area (Å²) in [4.78, 5) is 5.85. The standard InChI is InChI=1S/C13H23NOS.C6H4F3N/c15-16-10-13(11-16)6-8-14(9-7-13)12-4-2-1-3-5-12;7-6(8,9)5-3-1-2-4-10-5/h12H,1-11H2;1-4H. The number of rotatable bonds is 1. The van der Waals surface area contributed by atoms with E-state index in [1.807, 2.05) is 0 Å². The van der Waals surface area contributed by atoms with Gasteiger partial charge in [0, 0.05) is 34.5 Å². The van der Waals surface area contributed by atoms with Gasteiger partial charge in [-0.3, -0.25) is 9.19 Å². The van der Waals surface area contributed by atoms with E-state index in [2.05, 4.69) is 9.88 Å². The highest BCUT2D eigenvalue weighted by molar-refractivity contribution is 7.86. The molecule has 3 aliphatic rings. The van der Waals surface area contributed by atoms with E-state index in [0.29, 0.717) is 5.41 Å². The van der Waals surface area contributed by atoms with E-state index in [1.165, 1.54) is 70.2 Å². The number of hydrogen-bond acceptors (Lipinski definition) is 3. The summed E-state index contributed by atoms with van der Waals surface area (Å²) in [6.45, 7) is 2.56. The third-order valence-corrected chi connectivity index (χ3v) is 7.71. The first-order valence-corrected chi connectivity index (χ1v) is 10.9. The van der Waals surface area contributed by atoms with E-state index in [0.717, 1.165) is 29.8 Å². The van der Waals surface area contributed by atoms with Crippen LogP contribution in [0.5, 0.6) is 0 Å². The first kappa shape index (κ1) is 19.8. The Kier molecular flexibility index (Phi) is 6.38. The van der Waals surface area contributed by atoms with Gasteiger partial charge in [-0.25, -0.2) is 0 Å². The Balaban J connectivity index is 0.000000170. The lowest BCUT2D eigenvalue weighted by Crippen LogP contribution is -2.54. The summed E-state index contributed by atoms with van der Waals surface area (Å²) in [6.07, 6.45) is 6.62. The van der Waals surface area contributed by atoms with Gasteiger partial charge in [-0.05, 0) is 56.3 Å². The van der Waals surface area contributed by atoms with Crippen molar-refractivity contribution in [2.75, 3.05) is 24.6 Å². The smallest absolute Gasteiger partial charge is 0.300 e. The quantitative estimate of drug-likeness (QED) is 0.721. The fourth-order valence-corrected chi connectivity index (χ4v) is 6.13. The van der Waals surface area contributed by atoms with Crippen molar-refractivity contribution in [1.82, 2.24) is 9.88 Å². The highest BCUT2D eigenvalue weighted by atomic mass is 32.2. The second kappa shape index (κ2) is 8.38. The van der Waals surface area contributed by atoms with Crippen molar-refractivity contribution in [1.29, 1.82) is 0 Å². The summed E-state index contributed by atoms with van der Waals surface area (Å²) in [7, 11) is -0.463. The fourth-order valence-electron chi connectivity index (χ4n) is 4.27. The van der Waals surface area contributed by atoms with Gasteiger partial charge in [0.05, 0.1) is 0 Å². The minimum Gasteiger partial charge on any atom is -0.300 e. The summed E-state index contributed by atoms with van der Waals surface area (Å²) in [5, 5.41) is 0. The maximum absolute atomic E-state index is 11.7. The normalized spacial score (nSPS) is 24.6. The lowest BCUT2D eigenvalue weighted by Gasteiger charge is -2.49. The predicted molar refractivity (Wildman–Crippen MR) is 97.2 cm³/mol. The Morgan fingerprint density at radius 2 is 1.73 bits per heavy atom. The van der Waals surface area contributed by atoms with Gasteiger partial charge >= 0.3 is 6.18 Å². The topological polar surface area (TPSA) is 33.2 Å². The molecular formula is C19H27F3N2OS. The van der Waals surface area contributed by atoms with Crippen LogP contribution >= 0.6 is 0 Å². The molecule has 1 aliphatic carbocycles. The van der Waals surface area contributed by atoms with E-state index < -0.39 is 22.7 Å². The Labute approximate surface area is 155 Å². The molecule has 7 heteroatoms. The molecule has 1 saturated carbocycles. The Morgan fingerprint density at radius 3 is 2.19 bits per heavy atom. The molecule has 0 radical (unpaired) electrons. The number of halogens is 3. The van der Waals surface area contributed by atoms with Gasteiger partial charge in [-0.1, -0.05) is 25.3 Å². The van der Waals surface area contributed by atoms with Crippen LogP contribution < -0.4 is 0 Å². The Morgan fingerprint density at radius 1 is 1.08 bits per heavy atom. The number of alkyl halides is 3. The van der Waals surface area contributed by atoms with E-state index in [4.69, 9.17) is 0 Å². The molecule has 0 atom stereocenters. The monoisotopic (exact) mass is 388 g/mol. The first-order chi connectivity index (χ1) is 12.4. The number of nitrogens with zero attached hydrogens (tertiary/aromatic N) is 2. The Bertz CT molecular complexity index is 585. The predicted octanol–water partition coefficient (Wildman–Crippen LogP) is 4.26. The molecule has 4 rings (SSSR count). The second-order valence-electron chi connectivity index (χ2n) is 7.77. The molecule has 1 spiro atoms. The molecule has 0 bridgehead atoms. The van der Waals surface area contributed by atoms with Crippen LogP contribution in [0.1, 0.15) is 50.6 Å². The van der Waals surface area contributed by atoms with Crippen LogP contribution in [0, 0.1) is 5.41 Å². The van der Waals surface area contributed by atoms with Crippen LogP contribution in [0.4, 0.5) is 13.2 Å². The number of hydrogen-bond donors (Lipinski definition) is 0. The number of likely N-dealkylation sites (tertiary alicyclic amines) is 1. The van der Waals surface area contributed by atoms with Crippen LogP contribution in [-0.4, -0.2) is 44.7 Å². The van der Waals surface area contributed by atoms with Crippen LogP contribution in [0.15, 0.2) is 24.4 Å². The summed E-state index contributed by atoms with van der Waals surface area (Å²) in [5.41, 5.74) is -0.342. The summed E-state index contributed by atoms with van der Waals surface area (Å²) < 4.78 is 46.4. The molecule has 2 saturated heterocycles. The van der Waals surface area contributed by atoms with Crippen molar-refractivity contribution >= 4 is 10.8 Å². The molecule has 0 unspecified atom stereocenters. The van der Waals surface area contributed by atoms with Crippen molar-refractivity contribution in [3.8, 4) is 0 Å². The Hall–Kier alpha value is -0.950. The summed E-state index contributed by atoms with van der Waals surface area (Å²) in [5.74, 6) is 2.01. The van der Waals surface area contributed by atoms with E-state index in [-0.39, 0.29) is 0 Å². The van der Waals surface area contributed by atoms with Crippen molar-refractivity contribution in [2.24, 2.45) is 5.41 Å². The molecular weight excluding hydrogens is 361 g/mol. The van der Waals surface area contributed by atoms with Crippen molar-refractivity contribution in [3.05, 3.63) is 30.1 Å². The third kappa shape index (κ3) is 5.06. The van der Waals surface area contributed by atoms with Crippen molar-refractivity contribution in [2.45, 2.75) is 57.2 Å². The molecule has 26 heavy (non-hydrogen) atoms. The second-order valence-corrected chi connectivity index (χ2v) is 9.23. The molecule has 0 amide bonds. The maximum atomic E-state index is 11.7. The third-order valence-electron chi connectivity index (χ3n) is 5.84. The van der Waals surface area contributed by atoms with Crippen molar-refractivity contribution < 1.29 is 17.4 Å². The molecule has 3 nitrogen and oxygen atoms in total. The van der Waals surface area contributed by atoms with Crippen LogP contribution in [0.25, 0.3) is 0 Å². The zero-order chi connectivity index (χ0) is 18.6. The molecule has 146 valence electrons. The highest BCUT2D eigenvalue weighted by Crippen LogP contribution is 2.41. The molecule has 1 aromatic heterocycles. The SMILES string of the molecule is FC(F)(F)c1ccccn1.O=S1CC2(CCN(C3CCCCC3)CC2)C1. The van der Waals surface area contributed by atoms with Crippen LogP contribution in [-0.2, 0) is 17.0 Å². The lowest BCUT2D eigenvalue weighted by atomic mass is 9.80. The number of pyridine rings is 1. The van der Waals surface area contributed by atoms with Gasteiger partial charge in [0.15, 0.2) is 0 Å². The fraction of sp³-hybridized carbons (Fsp3) is 0.737. The molecule has 0 aromatic carbocycles. The van der Waals surface area contributed by atoms with Gasteiger partial charge in [-0.2, -0.15) is 13.2 Å². The minimum absolute atomic E-state index is 0.463. The number of piperidine rings is 1. The van der Waals surface area contributed by atoms with E-state index >= 15 is 0 Å². The van der Waals surface area contributed by atoms with Crippen molar-refractivity contribution in [3.63, 3.8) is 0 Å². The average Bonchev–Trinajstić information content (AvgIpc) is 2.63. The molecule has 0 N–H and O–H groups in total. The number of aromatic nitrogens is 1. The zero-order valence-corrected chi connectivity index (χ0v) is 15.8. The van der Waals surface area contributed by atoms with Gasteiger partial charge in [0.1, 0.15) is 5.69 Å². The lowest BCUT2D eigenvalue weighted by molar-refractivity contribution is -0.141. The zero-order valence-electron chi connectivity index (χ0n) is 15.0. The molecule has 3 fully saturated rings. The van der Waals surface area contributed by atoms with Crippen LogP contribution in [0.3, 0.4) is 0 Å². The first-order valence-electron chi connectivity index (χ1n) is 9.45. The van der Waals surface area contributed by atoms with Gasteiger partial charge < -0.3 is 4.90 Å². The molecule has 2 aliphatic heterocycles. The van der Waals surface area contributed by atoms with E-state index in [1.54, 1.807) is 0 Å².